The van der Waals surface area contributed by atoms with E-state index in [0.717, 1.165) is 0 Å². The summed E-state index contributed by atoms with van der Waals surface area (Å²) < 4.78 is 0. The zero-order valence-corrected chi connectivity index (χ0v) is 6.41. The predicted octanol–water partition coefficient (Wildman–Crippen LogP) is 0.0819. The molecule has 1 unspecified atom stereocenters. The Bertz CT molecular complexity index is 190. The van der Waals surface area contributed by atoms with E-state index in [4.69, 9.17) is 5.11 Å². The van der Waals surface area contributed by atoms with Crippen LogP contribution in [0.5, 0.6) is 0 Å². The smallest absolute Gasteiger partial charge is 0.305 e. The summed E-state index contributed by atoms with van der Waals surface area (Å²) in [6.45, 7) is 0. The van der Waals surface area contributed by atoms with Crippen molar-refractivity contribution in [1.29, 1.82) is 0 Å². The summed E-state index contributed by atoms with van der Waals surface area (Å²) in [6.07, 6.45) is 1.25. The highest BCUT2D eigenvalue weighted by atomic mass is 16.4. The highest BCUT2D eigenvalue weighted by molar-refractivity contribution is 5.79. The Labute approximate surface area is 64.8 Å². The third kappa shape index (κ3) is 1.69. The highest BCUT2D eigenvalue weighted by Crippen LogP contribution is 2.18. The lowest BCUT2D eigenvalue weighted by molar-refractivity contribution is -0.138. The highest BCUT2D eigenvalue weighted by Gasteiger charge is 2.28. The van der Waals surface area contributed by atoms with Crippen molar-refractivity contribution >= 4 is 11.9 Å². The van der Waals surface area contributed by atoms with Crippen LogP contribution in [0.3, 0.4) is 0 Å². The molecule has 4 nitrogen and oxygen atoms in total. The molecule has 1 N–H and O–H groups in total. The second-order valence-electron chi connectivity index (χ2n) is 2.80. The van der Waals surface area contributed by atoms with Crippen LogP contribution in [0.1, 0.15) is 19.3 Å². The Morgan fingerprint density at radius 3 is 2.82 bits per heavy atom. The number of amides is 1. The van der Waals surface area contributed by atoms with E-state index in [1.165, 1.54) is 4.90 Å². The van der Waals surface area contributed by atoms with Crippen molar-refractivity contribution in [3.63, 3.8) is 0 Å². The maximum absolute atomic E-state index is 10.9. The molecule has 1 saturated heterocycles. The van der Waals surface area contributed by atoms with Gasteiger partial charge in [0.25, 0.3) is 0 Å². The Kier molecular flexibility index (Phi) is 2.12. The lowest BCUT2D eigenvalue weighted by Gasteiger charge is -2.17. The number of carbonyl (C=O) groups is 2. The van der Waals surface area contributed by atoms with Gasteiger partial charge in [-0.2, -0.15) is 0 Å². The molecule has 1 aliphatic rings. The molecular formula is C7H11NO3. The molecule has 0 spiro atoms. The van der Waals surface area contributed by atoms with Gasteiger partial charge < -0.3 is 10.0 Å². The van der Waals surface area contributed by atoms with Gasteiger partial charge in [0.2, 0.25) is 5.91 Å². The first-order valence-electron chi connectivity index (χ1n) is 3.58. The van der Waals surface area contributed by atoms with Gasteiger partial charge in [-0.05, 0) is 6.42 Å². The summed E-state index contributed by atoms with van der Waals surface area (Å²) in [5, 5.41) is 8.44. The van der Waals surface area contributed by atoms with Crippen LogP contribution in [0.4, 0.5) is 0 Å². The molecule has 1 atom stereocenters. The average Bonchev–Trinajstić information content (AvgIpc) is 2.18. The normalized spacial score (nSPS) is 24.3. The van der Waals surface area contributed by atoms with Gasteiger partial charge in [0.05, 0.1) is 6.42 Å². The third-order valence-corrected chi connectivity index (χ3v) is 2.04. The first-order chi connectivity index (χ1) is 5.11. The fraction of sp³-hybridized carbons (Fsp3) is 0.714. The summed E-state index contributed by atoms with van der Waals surface area (Å²) in [4.78, 5) is 22.7. The number of likely N-dealkylation sites (tertiary alicyclic amines) is 1. The number of carboxylic acid groups (broad SMARTS) is 1. The molecule has 0 bridgehead atoms. The van der Waals surface area contributed by atoms with Crippen LogP contribution in [-0.2, 0) is 9.59 Å². The summed E-state index contributed by atoms with van der Waals surface area (Å²) >= 11 is 0. The quantitative estimate of drug-likeness (QED) is 0.617. The minimum absolute atomic E-state index is 0.0521. The maximum Gasteiger partial charge on any atom is 0.305 e. The fourth-order valence-corrected chi connectivity index (χ4v) is 1.30. The third-order valence-electron chi connectivity index (χ3n) is 2.04. The molecule has 4 heteroatoms. The minimum atomic E-state index is -0.837. The summed E-state index contributed by atoms with van der Waals surface area (Å²) in [5.41, 5.74) is 0. The van der Waals surface area contributed by atoms with Crippen LogP contribution in [-0.4, -0.2) is 35.0 Å². The molecule has 0 aromatic carbocycles. The number of carbonyl (C=O) groups excluding carboxylic acids is 1. The van der Waals surface area contributed by atoms with E-state index in [1.54, 1.807) is 7.05 Å². The van der Waals surface area contributed by atoms with Crippen LogP contribution in [0.25, 0.3) is 0 Å². The van der Waals surface area contributed by atoms with Crippen molar-refractivity contribution in [1.82, 2.24) is 4.90 Å². The number of nitrogens with zero attached hydrogens (tertiary/aromatic N) is 1. The van der Waals surface area contributed by atoms with Crippen molar-refractivity contribution in [3.8, 4) is 0 Å². The van der Waals surface area contributed by atoms with Crippen LogP contribution >= 0.6 is 0 Å². The number of aliphatic carboxylic acids is 1. The minimum Gasteiger partial charge on any atom is -0.481 e. The first-order valence-corrected chi connectivity index (χ1v) is 3.58. The zero-order chi connectivity index (χ0) is 8.43. The van der Waals surface area contributed by atoms with E-state index in [9.17, 15) is 9.59 Å². The van der Waals surface area contributed by atoms with Crippen molar-refractivity contribution in [2.24, 2.45) is 0 Å². The fourth-order valence-electron chi connectivity index (χ4n) is 1.30. The number of carboxylic acids is 1. The van der Waals surface area contributed by atoms with E-state index in [1.807, 2.05) is 0 Å². The Morgan fingerprint density at radius 2 is 2.45 bits per heavy atom. The van der Waals surface area contributed by atoms with E-state index in [0.29, 0.717) is 12.8 Å². The molecule has 0 aliphatic carbocycles. The summed E-state index contributed by atoms with van der Waals surface area (Å²) in [7, 11) is 1.66. The van der Waals surface area contributed by atoms with Gasteiger partial charge in [-0.3, -0.25) is 9.59 Å². The SMILES string of the molecule is CN1C(=O)CCC1CC(=O)O. The van der Waals surface area contributed by atoms with Crippen molar-refractivity contribution in [2.45, 2.75) is 25.3 Å². The molecular weight excluding hydrogens is 146 g/mol. The van der Waals surface area contributed by atoms with Crippen molar-refractivity contribution < 1.29 is 14.7 Å². The monoisotopic (exact) mass is 157 g/mol. The van der Waals surface area contributed by atoms with Crippen LogP contribution in [0.15, 0.2) is 0 Å². The number of hydrogen-bond acceptors (Lipinski definition) is 2. The van der Waals surface area contributed by atoms with Gasteiger partial charge in [0.15, 0.2) is 0 Å². The topological polar surface area (TPSA) is 57.6 Å². The first kappa shape index (κ1) is 8.04. The van der Waals surface area contributed by atoms with Crippen LogP contribution in [0, 0.1) is 0 Å². The van der Waals surface area contributed by atoms with Crippen molar-refractivity contribution in [2.75, 3.05) is 7.05 Å². The molecule has 1 amide bonds. The van der Waals surface area contributed by atoms with Gasteiger partial charge in [-0.25, -0.2) is 0 Å². The van der Waals surface area contributed by atoms with E-state index in [2.05, 4.69) is 0 Å². The molecule has 0 saturated carbocycles. The van der Waals surface area contributed by atoms with Crippen molar-refractivity contribution in [3.05, 3.63) is 0 Å². The van der Waals surface area contributed by atoms with Gasteiger partial charge in [-0.15, -0.1) is 0 Å². The molecule has 0 aromatic rings. The lowest BCUT2D eigenvalue weighted by Crippen LogP contribution is -2.30. The molecule has 1 rings (SSSR count). The maximum atomic E-state index is 10.9. The lowest BCUT2D eigenvalue weighted by atomic mass is 10.1. The molecule has 0 aromatic heterocycles. The van der Waals surface area contributed by atoms with E-state index >= 15 is 0 Å². The summed E-state index contributed by atoms with van der Waals surface area (Å²) in [6, 6.07) is -0.0833. The zero-order valence-electron chi connectivity index (χ0n) is 6.41. The molecule has 1 fully saturated rings. The molecule has 1 heterocycles. The van der Waals surface area contributed by atoms with E-state index < -0.39 is 5.97 Å². The standard InChI is InChI=1S/C7H11NO3/c1-8-5(4-7(10)11)2-3-6(8)9/h5H,2-4H2,1H3,(H,10,11). The van der Waals surface area contributed by atoms with Crippen LogP contribution in [0.2, 0.25) is 0 Å². The predicted molar refractivity (Wildman–Crippen MR) is 38.0 cm³/mol. The number of rotatable bonds is 2. The average molecular weight is 157 g/mol. The van der Waals surface area contributed by atoms with Gasteiger partial charge in [0.1, 0.15) is 0 Å². The second kappa shape index (κ2) is 2.90. The molecule has 0 radical (unpaired) electrons. The Morgan fingerprint density at radius 1 is 1.82 bits per heavy atom. The number of hydrogen-bond donors (Lipinski definition) is 1. The van der Waals surface area contributed by atoms with Gasteiger partial charge >= 0.3 is 5.97 Å². The second-order valence-corrected chi connectivity index (χ2v) is 2.80. The van der Waals surface area contributed by atoms with Gasteiger partial charge in [-0.1, -0.05) is 0 Å². The largest absolute Gasteiger partial charge is 0.481 e. The summed E-state index contributed by atoms with van der Waals surface area (Å²) in [5.74, 6) is -0.784. The van der Waals surface area contributed by atoms with Gasteiger partial charge in [0, 0.05) is 19.5 Å². The van der Waals surface area contributed by atoms with Crippen LogP contribution < -0.4 is 0 Å². The molecule has 62 valence electrons. The van der Waals surface area contributed by atoms with E-state index in [-0.39, 0.29) is 18.4 Å². The molecule has 1 aliphatic heterocycles. The molecule has 11 heavy (non-hydrogen) atoms. The Hall–Kier alpha value is -1.06. The Balaban J connectivity index is 2.48.